The number of aliphatic imine (C=N–C) groups is 1. The first-order valence-electron chi connectivity index (χ1n) is 7.90. The highest BCUT2D eigenvalue weighted by atomic mass is 127. The molecule has 1 aromatic rings. The van der Waals surface area contributed by atoms with Crippen molar-refractivity contribution in [3.63, 3.8) is 0 Å². The van der Waals surface area contributed by atoms with Crippen LogP contribution in [-0.4, -0.2) is 57.8 Å². The Morgan fingerprint density at radius 3 is 2.74 bits per heavy atom. The molecule has 0 spiro atoms. The van der Waals surface area contributed by atoms with E-state index in [0.29, 0.717) is 0 Å². The highest BCUT2D eigenvalue weighted by molar-refractivity contribution is 14.0. The Hall–Kier alpha value is -0.380. The van der Waals surface area contributed by atoms with E-state index in [-0.39, 0.29) is 24.0 Å². The van der Waals surface area contributed by atoms with Gasteiger partial charge in [-0.3, -0.25) is 0 Å². The van der Waals surface area contributed by atoms with Crippen molar-refractivity contribution in [1.82, 2.24) is 15.5 Å². The molecule has 0 fully saturated rings. The van der Waals surface area contributed by atoms with Gasteiger partial charge in [-0.05, 0) is 44.3 Å². The summed E-state index contributed by atoms with van der Waals surface area (Å²) in [6.45, 7) is 9.59. The topological polar surface area (TPSA) is 48.9 Å². The molecule has 1 aromatic heterocycles. The minimum absolute atomic E-state index is 0. The number of likely N-dealkylation sites (N-methyl/N-ethyl adjacent to an activating group) is 1. The zero-order valence-electron chi connectivity index (χ0n) is 14.7. The molecule has 0 bridgehead atoms. The molecule has 1 heterocycles. The highest BCUT2D eigenvalue weighted by Gasteiger charge is 2.02. The number of thiophene rings is 1. The van der Waals surface area contributed by atoms with E-state index < -0.39 is 0 Å². The second-order valence-corrected chi connectivity index (χ2v) is 6.30. The Balaban J connectivity index is 0.00000484. The molecule has 0 unspecified atom stereocenters. The SMILES string of the molecule is CCNC(=NCc1sccc1C)NCCN(C)CCCOC.I. The van der Waals surface area contributed by atoms with E-state index in [0.717, 1.165) is 51.7 Å². The van der Waals surface area contributed by atoms with Gasteiger partial charge < -0.3 is 20.3 Å². The third-order valence-electron chi connectivity index (χ3n) is 3.37. The number of halogens is 1. The first kappa shape index (κ1) is 22.6. The predicted octanol–water partition coefficient (Wildman–Crippen LogP) is 2.70. The maximum Gasteiger partial charge on any atom is 0.191 e. The standard InChI is InChI=1S/C16H30N4OS.HI/c1-5-17-16(19-13-15-14(2)7-12-22-15)18-8-10-20(3)9-6-11-21-4;/h7,12H,5-6,8-11,13H2,1-4H3,(H2,17,18,19);1H. The third kappa shape index (κ3) is 10.2. The molecule has 2 N–H and O–H groups in total. The molecule has 0 aliphatic heterocycles. The van der Waals surface area contributed by atoms with Gasteiger partial charge in [-0.1, -0.05) is 0 Å². The lowest BCUT2D eigenvalue weighted by Crippen LogP contribution is -2.41. The number of aryl methyl sites for hydroxylation is 1. The van der Waals surface area contributed by atoms with E-state index >= 15 is 0 Å². The largest absolute Gasteiger partial charge is 0.385 e. The summed E-state index contributed by atoms with van der Waals surface area (Å²) in [5, 5.41) is 8.81. The lowest BCUT2D eigenvalue weighted by Gasteiger charge is -2.18. The number of ether oxygens (including phenoxy) is 1. The minimum atomic E-state index is 0. The van der Waals surface area contributed by atoms with Gasteiger partial charge in [0, 0.05) is 44.8 Å². The van der Waals surface area contributed by atoms with Crippen molar-refractivity contribution in [1.29, 1.82) is 0 Å². The molecule has 0 aromatic carbocycles. The molecule has 1 rings (SSSR count). The molecule has 7 heteroatoms. The average Bonchev–Trinajstić information content (AvgIpc) is 2.90. The molecule has 0 radical (unpaired) electrons. The van der Waals surface area contributed by atoms with Gasteiger partial charge in [0.2, 0.25) is 0 Å². The Morgan fingerprint density at radius 2 is 2.13 bits per heavy atom. The fourth-order valence-electron chi connectivity index (χ4n) is 2.01. The van der Waals surface area contributed by atoms with Crippen molar-refractivity contribution in [2.75, 3.05) is 46.9 Å². The first-order valence-corrected chi connectivity index (χ1v) is 8.78. The van der Waals surface area contributed by atoms with Crippen LogP contribution in [0.25, 0.3) is 0 Å². The number of methoxy groups -OCH3 is 1. The van der Waals surface area contributed by atoms with Crippen LogP contribution in [0.5, 0.6) is 0 Å². The Bertz CT molecular complexity index is 439. The van der Waals surface area contributed by atoms with E-state index in [1.54, 1.807) is 18.4 Å². The molecule has 0 atom stereocenters. The van der Waals surface area contributed by atoms with Gasteiger partial charge in [0.05, 0.1) is 6.54 Å². The molecule has 5 nitrogen and oxygen atoms in total. The summed E-state index contributed by atoms with van der Waals surface area (Å²) in [6.07, 6.45) is 1.07. The summed E-state index contributed by atoms with van der Waals surface area (Å²) in [4.78, 5) is 8.29. The van der Waals surface area contributed by atoms with Crippen LogP contribution in [-0.2, 0) is 11.3 Å². The van der Waals surface area contributed by atoms with E-state index in [1.165, 1.54) is 10.4 Å². The summed E-state index contributed by atoms with van der Waals surface area (Å²) in [5.41, 5.74) is 1.32. The quantitative estimate of drug-likeness (QED) is 0.247. The third-order valence-corrected chi connectivity index (χ3v) is 4.38. The Labute approximate surface area is 161 Å². The predicted molar refractivity (Wildman–Crippen MR) is 111 cm³/mol. The van der Waals surface area contributed by atoms with Gasteiger partial charge in [-0.2, -0.15) is 0 Å². The van der Waals surface area contributed by atoms with Gasteiger partial charge >= 0.3 is 0 Å². The number of nitrogens with zero attached hydrogens (tertiary/aromatic N) is 2. The number of nitrogens with one attached hydrogen (secondary N) is 2. The Kier molecular flexibility index (Phi) is 13.8. The monoisotopic (exact) mass is 454 g/mol. The van der Waals surface area contributed by atoms with Crippen molar-refractivity contribution in [3.05, 3.63) is 21.9 Å². The second kappa shape index (κ2) is 14.0. The lowest BCUT2D eigenvalue weighted by molar-refractivity contribution is 0.180. The maximum absolute atomic E-state index is 5.07. The molecule has 0 saturated carbocycles. The highest BCUT2D eigenvalue weighted by Crippen LogP contribution is 2.16. The van der Waals surface area contributed by atoms with Crippen LogP contribution >= 0.6 is 35.3 Å². The number of hydrogen-bond donors (Lipinski definition) is 2. The zero-order chi connectivity index (χ0) is 16.2. The van der Waals surface area contributed by atoms with E-state index in [1.807, 2.05) is 0 Å². The van der Waals surface area contributed by atoms with Gasteiger partial charge in [-0.25, -0.2) is 4.99 Å². The maximum atomic E-state index is 5.07. The van der Waals surface area contributed by atoms with Crippen LogP contribution in [0.15, 0.2) is 16.4 Å². The van der Waals surface area contributed by atoms with Gasteiger partial charge in [0.25, 0.3) is 0 Å². The summed E-state index contributed by atoms with van der Waals surface area (Å²) in [7, 11) is 3.88. The molecule has 0 aliphatic rings. The molecule has 23 heavy (non-hydrogen) atoms. The van der Waals surface area contributed by atoms with Crippen LogP contribution in [0.4, 0.5) is 0 Å². The second-order valence-electron chi connectivity index (χ2n) is 5.30. The minimum Gasteiger partial charge on any atom is -0.385 e. The number of guanidine groups is 1. The van der Waals surface area contributed by atoms with Gasteiger partial charge in [-0.15, -0.1) is 35.3 Å². The van der Waals surface area contributed by atoms with Gasteiger partial charge in [0.15, 0.2) is 5.96 Å². The smallest absolute Gasteiger partial charge is 0.191 e. The Morgan fingerprint density at radius 1 is 1.35 bits per heavy atom. The van der Waals surface area contributed by atoms with E-state index in [9.17, 15) is 0 Å². The summed E-state index contributed by atoms with van der Waals surface area (Å²) < 4.78 is 5.07. The van der Waals surface area contributed by atoms with Crippen LogP contribution in [0.3, 0.4) is 0 Å². The summed E-state index contributed by atoms with van der Waals surface area (Å²) in [6, 6.07) is 2.14. The van der Waals surface area contributed by atoms with Crippen molar-refractivity contribution >= 4 is 41.3 Å². The van der Waals surface area contributed by atoms with E-state index in [2.05, 4.69) is 52.9 Å². The van der Waals surface area contributed by atoms with Crippen LogP contribution in [0.1, 0.15) is 23.8 Å². The van der Waals surface area contributed by atoms with Gasteiger partial charge in [0.1, 0.15) is 0 Å². The number of rotatable bonds is 10. The lowest BCUT2D eigenvalue weighted by atomic mass is 10.3. The molecule has 134 valence electrons. The molecule has 0 saturated heterocycles. The zero-order valence-corrected chi connectivity index (χ0v) is 17.9. The summed E-state index contributed by atoms with van der Waals surface area (Å²) in [5.74, 6) is 0.889. The average molecular weight is 454 g/mol. The van der Waals surface area contributed by atoms with Crippen molar-refractivity contribution in [3.8, 4) is 0 Å². The van der Waals surface area contributed by atoms with Crippen LogP contribution in [0.2, 0.25) is 0 Å². The summed E-state index contributed by atoms with van der Waals surface area (Å²) >= 11 is 1.77. The first-order chi connectivity index (χ1) is 10.7. The molecule has 0 amide bonds. The van der Waals surface area contributed by atoms with Crippen LogP contribution in [0, 0.1) is 6.92 Å². The van der Waals surface area contributed by atoms with E-state index in [4.69, 9.17) is 4.74 Å². The normalized spacial score (nSPS) is 11.4. The van der Waals surface area contributed by atoms with Crippen molar-refractivity contribution in [2.24, 2.45) is 4.99 Å². The van der Waals surface area contributed by atoms with Crippen LogP contribution < -0.4 is 10.6 Å². The molecular formula is C16H31IN4OS. The molecular weight excluding hydrogens is 423 g/mol. The fourth-order valence-corrected chi connectivity index (χ4v) is 2.84. The molecule has 0 aliphatic carbocycles. The van der Waals surface area contributed by atoms with Crippen molar-refractivity contribution in [2.45, 2.75) is 26.8 Å². The van der Waals surface area contributed by atoms with Crippen molar-refractivity contribution < 1.29 is 4.74 Å². The number of hydrogen-bond acceptors (Lipinski definition) is 4. The fraction of sp³-hybridized carbons (Fsp3) is 0.688.